The number of rotatable bonds is 6. The predicted octanol–water partition coefficient (Wildman–Crippen LogP) is 3.03. The van der Waals surface area contributed by atoms with Crippen LogP contribution in [0.25, 0.3) is 10.4 Å². The van der Waals surface area contributed by atoms with Gasteiger partial charge in [-0.25, -0.2) is 0 Å². The molecule has 1 aliphatic carbocycles. The zero-order chi connectivity index (χ0) is 26.3. The second-order valence-electron chi connectivity index (χ2n) is 11.9. The Morgan fingerprint density at radius 2 is 1.81 bits per heavy atom. The van der Waals surface area contributed by atoms with Crippen LogP contribution in [0.1, 0.15) is 68.3 Å². The molecular formula is C27H36N6O4. The number of carbonyl (C=O) groups excluding carboxylic acids is 3. The van der Waals surface area contributed by atoms with Crippen LogP contribution in [0.4, 0.5) is 0 Å². The molecule has 3 aliphatic heterocycles. The van der Waals surface area contributed by atoms with Gasteiger partial charge in [0.15, 0.2) is 5.78 Å². The minimum absolute atomic E-state index is 0.0840. The summed E-state index contributed by atoms with van der Waals surface area (Å²) in [5.74, 6) is -0.412. The van der Waals surface area contributed by atoms with Gasteiger partial charge in [0.1, 0.15) is 18.7 Å². The Labute approximate surface area is 217 Å². The van der Waals surface area contributed by atoms with Gasteiger partial charge in [-0.15, -0.1) is 0 Å². The lowest BCUT2D eigenvalue weighted by Crippen LogP contribution is -2.57. The zero-order valence-electron chi connectivity index (χ0n) is 21.8. The third-order valence-electron chi connectivity index (χ3n) is 8.27. The van der Waals surface area contributed by atoms with Crippen molar-refractivity contribution in [2.24, 2.45) is 10.5 Å². The van der Waals surface area contributed by atoms with Crippen molar-refractivity contribution in [1.82, 2.24) is 15.1 Å². The van der Waals surface area contributed by atoms with Crippen molar-refractivity contribution in [3.05, 3.63) is 45.8 Å². The first-order valence-electron chi connectivity index (χ1n) is 13.3. The van der Waals surface area contributed by atoms with Crippen LogP contribution in [0.5, 0.6) is 0 Å². The van der Waals surface area contributed by atoms with E-state index < -0.39 is 29.6 Å². The van der Waals surface area contributed by atoms with Gasteiger partial charge in [0.2, 0.25) is 5.91 Å². The Morgan fingerprint density at radius 1 is 1.14 bits per heavy atom. The molecule has 3 heterocycles. The Bertz CT molecular complexity index is 1100. The van der Waals surface area contributed by atoms with Crippen LogP contribution < -0.4 is 5.32 Å². The zero-order valence-corrected chi connectivity index (χ0v) is 21.8. The molecule has 1 saturated carbocycles. The Kier molecular flexibility index (Phi) is 7.00. The molecule has 4 atom stereocenters. The van der Waals surface area contributed by atoms with Crippen molar-refractivity contribution in [2.45, 2.75) is 82.6 Å². The van der Waals surface area contributed by atoms with Gasteiger partial charge in [0.25, 0.3) is 5.91 Å². The third kappa shape index (κ3) is 5.23. The fourth-order valence-electron chi connectivity index (χ4n) is 6.00. The summed E-state index contributed by atoms with van der Waals surface area (Å²) in [4.78, 5) is 46.3. The van der Waals surface area contributed by atoms with Gasteiger partial charge in [0.05, 0.1) is 12.1 Å². The number of ketones is 1. The molecule has 0 bridgehead atoms. The Hall–Kier alpha value is -2.94. The summed E-state index contributed by atoms with van der Waals surface area (Å²) >= 11 is 0. The van der Waals surface area contributed by atoms with E-state index in [1.165, 1.54) is 23.3 Å². The van der Waals surface area contributed by atoms with Crippen LogP contribution in [0.2, 0.25) is 0 Å². The van der Waals surface area contributed by atoms with Gasteiger partial charge in [-0.1, -0.05) is 38.0 Å². The van der Waals surface area contributed by atoms with Gasteiger partial charge in [-0.05, 0) is 73.3 Å². The Balaban J connectivity index is 1.27. The molecule has 0 unspecified atom stereocenters. The number of amides is 2. The standard InChI is InChI=1S/C27H36N6O4/c1-27(2,3)24(26(36)33-14-20(30-31-28)23-22(33)21(34)15-37-23)29-25(35)18-6-4-16(5-7-18)17-10-12-32(13-11-17)19-8-9-19/h4-7,17,19-20,22-24H,8-15H2,1-3H3,(H,29,35)/t20-,22-,23-,24-/m1/s1. The smallest absolute Gasteiger partial charge is 0.251 e. The molecule has 198 valence electrons. The van der Waals surface area contributed by atoms with E-state index in [2.05, 4.69) is 20.2 Å². The van der Waals surface area contributed by atoms with Gasteiger partial charge >= 0.3 is 0 Å². The number of piperidine rings is 1. The lowest BCUT2D eigenvalue weighted by molar-refractivity contribution is -0.140. The number of fused-ring (bicyclic) bond motifs is 1. The molecule has 4 aliphatic rings. The molecular weight excluding hydrogens is 472 g/mol. The molecule has 10 heteroatoms. The van der Waals surface area contributed by atoms with E-state index >= 15 is 0 Å². The summed E-state index contributed by atoms with van der Waals surface area (Å²) < 4.78 is 5.53. The molecule has 3 saturated heterocycles. The first kappa shape index (κ1) is 25.7. The second kappa shape index (κ2) is 10.1. The number of hydrogen-bond acceptors (Lipinski definition) is 6. The van der Waals surface area contributed by atoms with E-state index in [-0.39, 0.29) is 30.7 Å². The summed E-state index contributed by atoms with van der Waals surface area (Å²) in [6.45, 7) is 7.86. The molecule has 0 aromatic heterocycles. The number of nitrogens with zero attached hydrogens (tertiary/aromatic N) is 5. The minimum atomic E-state index is -0.870. The maximum atomic E-state index is 13.7. The van der Waals surface area contributed by atoms with Gasteiger partial charge in [0, 0.05) is 23.1 Å². The highest BCUT2D eigenvalue weighted by atomic mass is 16.5. The molecule has 5 rings (SSSR count). The summed E-state index contributed by atoms with van der Waals surface area (Å²) in [6, 6.07) is 6.24. The third-order valence-corrected chi connectivity index (χ3v) is 8.27. The Morgan fingerprint density at radius 3 is 2.41 bits per heavy atom. The lowest BCUT2D eigenvalue weighted by Gasteiger charge is -2.35. The first-order valence-corrected chi connectivity index (χ1v) is 13.3. The molecule has 4 fully saturated rings. The number of Topliss-reactive ketones (excluding diaryl/α,β-unsaturated/α-hetero) is 1. The highest BCUT2D eigenvalue weighted by molar-refractivity contribution is 5.99. The van der Waals surface area contributed by atoms with E-state index in [1.54, 1.807) is 0 Å². The number of likely N-dealkylation sites (tertiary alicyclic amines) is 2. The van der Waals surface area contributed by atoms with Crippen LogP contribution in [0.15, 0.2) is 29.4 Å². The van der Waals surface area contributed by atoms with Gasteiger partial charge in [-0.2, -0.15) is 0 Å². The van der Waals surface area contributed by atoms with Crippen molar-refractivity contribution in [3.63, 3.8) is 0 Å². The molecule has 0 radical (unpaired) electrons. The van der Waals surface area contributed by atoms with Crippen molar-refractivity contribution >= 4 is 17.6 Å². The summed E-state index contributed by atoms with van der Waals surface area (Å²) in [7, 11) is 0. The fraction of sp³-hybridized carbons (Fsp3) is 0.667. The molecule has 1 aromatic carbocycles. The van der Waals surface area contributed by atoms with Crippen LogP contribution >= 0.6 is 0 Å². The average Bonchev–Trinajstić information content (AvgIpc) is 3.57. The van der Waals surface area contributed by atoms with E-state index in [0.717, 1.165) is 32.0 Å². The summed E-state index contributed by atoms with van der Waals surface area (Å²) in [6.07, 6.45) is 4.31. The van der Waals surface area contributed by atoms with Crippen molar-refractivity contribution in [3.8, 4) is 0 Å². The number of carbonyl (C=O) groups is 3. The van der Waals surface area contributed by atoms with Crippen molar-refractivity contribution in [1.29, 1.82) is 0 Å². The molecule has 1 aromatic rings. The normalized spacial score (nSPS) is 27.5. The molecule has 37 heavy (non-hydrogen) atoms. The van der Waals surface area contributed by atoms with Crippen LogP contribution in [0.3, 0.4) is 0 Å². The number of azide groups is 1. The number of hydrogen-bond donors (Lipinski definition) is 1. The van der Waals surface area contributed by atoms with Crippen LogP contribution in [-0.4, -0.2) is 83.9 Å². The minimum Gasteiger partial charge on any atom is -0.367 e. The van der Waals surface area contributed by atoms with Crippen LogP contribution in [0, 0.1) is 5.41 Å². The monoisotopic (exact) mass is 508 g/mol. The van der Waals surface area contributed by atoms with Crippen LogP contribution in [-0.2, 0) is 14.3 Å². The number of nitrogens with one attached hydrogen (secondary N) is 1. The summed E-state index contributed by atoms with van der Waals surface area (Å²) in [5.41, 5.74) is 10.0. The van der Waals surface area contributed by atoms with E-state index in [0.29, 0.717) is 11.5 Å². The van der Waals surface area contributed by atoms with Gasteiger partial charge in [-0.3, -0.25) is 14.4 Å². The highest BCUT2D eigenvalue weighted by Gasteiger charge is 2.54. The highest BCUT2D eigenvalue weighted by Crippen LogP contribution is 2.35. The average molecular weight is 509 g/mol. The van der Waals surface area contributed by atoms with Crippen molar-refractivity contribution < 1.29 is 19.1 Å². The van der Waals surface area contributed by atoms with E-state index in [9.17, 15) is 14.4 Å². The largest absolute Gasteiger partial charge is 0.367 e. The van der Waals surface area contributed by atoms with E-state index in [4.69, 9.17) is 10.3 Å². The number of ether oxygens (including phenoxy) is 1. The maximum absolute atomic E-state index is 13.7. The molecule has 1 N–H and O–H groups in total. The lowest BCUT2D eigenvalue weighted by atomic mass is 9.85. The van der Waals surface area contributed by atoms with Crippen molar-refractivity contribution in [2.75, 3.05) is 26.2 Å². The SMILES string of the molecule is CC(C)(C)[C@H](NC(=O)c1ccc(C2CCN(C3CC3)CC2)cc1)C(=O)N1C[C@@H](N=[N+]=[N-])[C@H]2OCC(=O)[C@H]21. The molecule has 2 amide bonds. The maximum Gasteiger partial charge on any atom is 0.251 e. The number of benzene rings is 1. The quantitative estimate of drug-likeness (QED) is 0.359. The predicted molar refractivity (Wildman–Crippen MR) is 137 cm³/mol. The second-order valence-corrected chi connectivity index (χ2v) is 11.9. The molecule has 10 nitrogen and oxygen atoms in total. The van der Waals surface area contributed by atoms with Gasteiger partial charge < -0.3 is 19.9 Å². The summed E-state index contributed by atoms with van der Waals surface area (Å²) in [5, 5.41) is 6.67. The topological polar surface area (TPSA) is 128 Å². The van der Waals surface area contributed by atoms with E-state index in [1.807, 2.05) is 45.0 Å². The molecule has 0 spiro atoms. The first-order chi connectivity index (χ1) is 17.7. The fourth-order valence-corrected chi connectivity index (χ4v) is 6.00.